The van der Waals surface area contributed by atoms with Gasteiger partial charge in [0.2, 0.25) is 0 Å². The van der Waals surface area contributed by atoms with Crippen molar-refractivity contribution in [1.29, 1.82) is 0 Å². The Morgan fingerprint density at radius 3 is 2.45 bits per heavy atom. The second kappa shape index (κ2) is 4.12. The third-order valence-corrected chi connectivity index (χ3v) is 2.48. The fourth-order valence-corrected chi connectivity index (χ4v) is 1.58. The van der Waals surface area contributed by atoms with Gasteiger partial charge in [-0.25, -0.2) is 0 Å². The fraction of sp³-hybridized carbons (Fsp3) is 1.00. The second-order valence-corrected chi connectivity index (χ2v) is 3.79. The van der Waals surface area contributed by atoms with Crippen molar-refractivity contribution in [2.24, 2.45) is 0 Å². The van der Waals surface area contributed by atoms with Crippen molar-refractivity contribution >= 4 is 7.98 Å². The summed E-state index contributed by atoms with van der Waals surface area (Å²) < 4.78 is 0. The molecule has 0 aromatic heterocycles. The van der Waals surface area contributed by atoms with Crippen LogP contribution in [0.4, 0.5) is 0 Å². The monoisotopic (exact) mass is 154 g/mol. The molecule has 0 aromatic carbocycles. The maximum Gasteiger partial charge on any atom is 0.185 e. The number of hydrogen-bond acceptors (Lipinski definition) is 2. The van der Waals surface area contributed by atoms with E-state index < -0.39 is 0 Å². The molecule has 0 N–H and O–H groups in total. The van der Waals surface area contributed by atoms with Crippen LogP contribution in [0.15, 0.2) is 0 Å². The molecule has 0 saturated carbocycles. The third kappa shape index (κ3) is 2.84. The summed E-state index contributed by atoms with van der Waals surface area (Å²) in [6.07, 6.45) is 1.33. The SMILES string of the molecule is BN1CCCN(C(C)C)CC1. The van der Waals surface area contributed by atoms with Crippen LogP contribution >= 0.6 is 0 Å². The van der Waals surface area contributed by atoms with Crippen molar-refractivity contribution in [3.8, 4) is 0 Å². The van der Waals surface area contributed by atoms with Gasteiger partial charge in [0.05, 0.1) is 0 Å². The molecule has 0 spiro atoms. The van der Waals surface area contributed by atoms with Gasteiger partial charge in [-0.3, -0.25) is 4.90 Å². The minimum Gasteiger partial charge on any atom is -0.348 e. The van der Waals surface area contributed by atoms with Crippen molar-refractivity contribution in [1.82, 2.24) is 9.71 Å². The first-order valence-electron chi connectivity index (χ1n) is 4.63. The standard InChI is InChI=1S/C8H19BN2/c1-8(2)10-4-3-5-11(9)7-6-10/h8H,3-7,9H2,1-2H3. The van der Waals surface area contributed by atoms with Crippen LogP contribution in [0.3, 0.4) is 0 Å². The van der Waals surface area contributed by atoms with E-state index in [1.165, 1.54) is 32.6 Å². The van der Waals surface area contributed by atoms with Crippen LogP contribution in [0, 0.1) is 0 Å². The Hall–Kier alpha value is -0.0151. The molecule has 0 unspecified atom stereocenters. The van der Waals surface area contributed by atoms with Gasteiger partial charge in [-0.15, -0.1) is 0 Å². The molecular formula is C8H19BN2. The van der Waals surface area contributed by atoms with Crippen LogP contribution in [0.1, 0.15) is 20.3 Å². The zero-order valence-corrected chi connectivity index (χ0v) is 8.01. The van der Waals surface area contributed by atoms with E-state index in [1.54, 1.807) is 0 Å². The summed E-state index contributed by atoms with van der Waals surface area (Å²) in [6.45, 7) is 9.59. The summed E-state index contributed by atoms with van der Waals surface area (Å²) in [6, 6.07) is 0.724. The van der Waals surface area contributed by atoms with E-state index in [-0.39, 0.29) is 0 Å². The lowest BCUT2D eigenvalue weighted by Crippen LogP contribution is -2.34. The second-order valence-electron chi connectivity index (χ2n) is 3.79. The topological polar surface area (TPSA) is 6.48 Å². The Kier molecular flexibility index (Phi) is 3.40. The van der Waals surface area contributed by atoms with Gasteiger partial charge in [0, 0.05) is 12.6 Å². The summed E-state index contributed by atoms with van der Waals surface area (Å²) in [4.78, 5) is 4.98. The fourth-order valence-electron chi connectivity index (χ4n) is 1.58. The van der Waals surface area contributed by atoms with Gasteiger partial charge in [0.25, 0.3) is 0 Å². The molecule has 1 rings (SSSR count). The predicted octanol–water partition coefficient (Wildman–Crippen LogP) is -0.0494. The largest absolute Gasteiger partial charge is 0.348 e. The molecular weight excluding hydrogens is 135 g/mol. The Labute approximate surface area is 71.0 Å². The number of rotatable bonds is 1. The Morgan fingerprint density at radius 2 is 1.82 bits per heavy atom. The third-order valence-electron chi connectivity index (χ3n) is 2.48. The smallest absolute Gasteiger partial charge is 0.185 e. The number of hydrogen-bond donors (Lipinski definition) is 0. The van der Waals surface area contributed by atoms with Gasteiger partial charge in [-0.2, -0.15) is 0 Å². The van der Waals surface area contributed by atoms with Crippen LogP contribution < -0.4 is 0 Å². The van der Waals surface area contributed by atoms with Crippen LogP contribution in [0.25, 0.3) is 0 Å². The molecule has 0 radical (unpaired) electrons. The molecule has 0 amide bonds. The normalized spacial score (nSPS) is 23.9. The Bertz CT molecular complexity index is 117. The first-order valence-corrected chi connectivity index (χ1v) is 4.63. The lowest BCUT2D eigenvalue weighted by atomic mass is 10.3. The van der Waals surface area contributed by atoms with Crippen LogP contribution in [-0.4, -0.2) is 49.9 Å². The van der Waals surface area contributed by atoms with Gasteiger partial charge < -0.3 is 4.81 Å². The van der Waals surface area contributed by atoms with Crippen LogP contribution in [0.5, 0.6) is 0 Å². The van der Waals surface area contributed by atoms with Gasteiger partial charge in [0.1, 0.15) is 0 Å². The van der Waals surface area contributed by atoms with Gasteiger partial charge >= 0.3 is 0 Å². The highest BCUT2D eigenvalue weighted by molar-refractivity contribution is 6.04. The molecule has 2 nitrogen and oxygen atoms in total. The lowest BCUT2D eigenvalue weighted by Gasteiger charge is -2.24. The summed E-state index contributed by atoms with van der Waals surface area (Å²) in [7, 11) is 2.21. The van der Waals surface area contributed by atoms with E-state index in [4.69, 9.17) is 0 Å². The van der Waals surface area contributed by atoms with E-state index >= 15 is 0 Å². The lowest BCUT2D eigenvalue weighted by molar-refractivity contribution is 0.234. The van der Waals surface area contributed by atoms with Crippen molar-refractivity contribution < 1.29 is 0 Å². The summed E-state index contributed by atoms with van der Waals surface area (Å²) in [5.74, 6) is 0. The minimum absolute atomic E-state index is 0.724. The molecule has 1 aliphatic heterocycles. The van der Waals surface area contributed by atoms with E-state index in [2.05, 4.69) is 31.5 Å². The van der Waals surface area contributed by atoms with E-state index in [9.17, 15) is 0 Å². The molecule has 11 heavy (non-hydrogen) atoms. The van der Waals surface area contributed by atoms with Gasteiger partial charge in [-0.05, 0) is 39.9 Å². The molecule has 0 aliphatic carbocycles. The molecule has 64 valence electrons. The zero-order chi connectivity index (χ0) is 8.27. The average Bonchev–Trinajstić information content (AvgIpc) is 2.13. The summed E-state index contributed by atoms with van der Waals surface area (Å²) >= 11 is 0. The number of nitrogens with zero attached hydrogens (tertiary/aromatic N) is 2. The van der Waals surface area contributed by atoms with Crippen molar-refractivity contribution in [3.63, 3.8) is 0 Å². The molecule has 3 heteroatoms. The summed E-state index contributed by atoms with van der Waals surface area (Å²) in [5, 5.41) is 0. The van der Waals surface area contributed by atoms with Crippen molar-refractivity contribution in [2.45, 2.75) is 26.3 Å². The molecule has 1 heterocycles. The van der Waals surface area contributed by atoms with E-state index in [0.717, 1.165) is 6.04 Å². The quantitative estimate of drug-likeness (QED) is 0.488. The first kappa shape index (κ1) is 9.08. The molecule has 1 saturated heterocycles. The predicted molar refractivity (Wildman–Crippen MR) is 51.4 cm³/mol. The highest BCUT2D eigenvalue weighted by Crippen LogP contribution is 2.04. The van der Waals surface area contributed by atoms with E-state index in [0.29, 0.717) is 0 Å². The van der Waals surface area contributed by atoms with Crippen LogP contribution in [-0.2, 0) is 0 Å². The molecule has 1 fully saturated rings. The van der Waals surface area contributed by atoms with Crippen molar-refractivity contribution in [3.05, 3.63) is 0 Å². The van der Waals surface area contributed by atoms with E-state index in [1.807, 2.05) is 0 Å². The van der Waals surface area contributed by atoms with Crippen molar-refractivity contribution in [2.75, 3.05) is 26.2 Å². The minimum atomic E-state index is 0.724. The zero-order valence-electron chi connectivity index (χ0n) is 8.01. The molecule has 0 aromatic rings. The molecule has 0 bridgehead atoms. The Balaban J connectivity index is 2.34. The highest BCUT2D eigenvalue weighted by Gasteiger charge is 2.13. The maximum absolute atomic E-state index is 2.56. The average molecular weight is 154 g/mol. The maximum atomic E-state index is 2.56. The van der Waals surface area contributed by atoms with Gasteiger partial charge in [0.15, 0.2) is 7.98 Å². The Morgan fingerprint density at radius 1 is 1.09 bits per heavy atom. The molecule has 1 aliphatic rings. The van der Waals surface area contributed by atoms with Gasteiger partial charge in [-0.1, -0.05) is 0 Å². The first-order chi connectivity index (χ1) is 5.20. The molecule has 0 atom stereocenters. The highest BCUT2D eigenvalue weighted by atomic mass is 15.2. The summed E-state index contributed by atoms with van der Waals surface area (Å²) in [5.41, 5.74) is 0. The van der Waals surface area contributed by atoms with Crippen LogP contribution in [0.2, 0.25) is 0 Å².